The van der Waals surface area contributed by atoms with Crippen LogP contribution >= 0.6 is 0 Å². The average Bonchev–Trinajstić information content (AvgIpc) is 2.86. The number of imidazole rings is 1. The van der Waals surface area contributed by atoms with Crippen LogP contribution in [0.3, 0.4) is 0 Å². The van der Waals surface area contributed by atoms with E-state index in [-0.39, 0.29) is 0 Å². The zero-order valence-electron chi connectivity index (χ0n) is 9.72. The first kappa shape index (κ1) is 10.9. The van der Waals surface area contributed by atoms with Crippen LogP contribution in [0.1, 0.15) is 11.5 Å². The summed E-state index contributed by atoms with van der Waals surface area (Å²) in [6.07, 6.45) is 6.70. The zero-order valence-corrected chi connectivity index (χ0v) is 9.72. The molecule has 0 aliphatic carbocycles. The molecule has 16 heavy (non-hydrogen) atoms. The molecule has 1 N–H and O–H groups in total. The summed E-state index contributed by atoms with van der Waals surface area (Å²) in [5.41, 5.74) is 1.07. The lowest BCUT2D eigenvalue weighted by Crippen LogP contribution is -2.09. The molecule has 0 bridgehead atoms. The molecule has 0 unspecified atom stereocenters. The van der Waals surface area contributed by atoms with E-state index in [4.69, 9.17) is 0 Å². The van der Waals surface area contributed by atoms with Gasteiger partial charge in [0.15, 0.2) is 0 Å². The molecule has 5 heteroatoms. The maximum atomic E-state index is 4.45. The highest BCUT2D eigenvalue weighted by atomic mass is 15.3. The lowest BCUT2D eigenvalue weighted by atomic mass is 10.4. The van der Waals surface area contributed by atoms with Crippen LogP contribution in [0.2, 0.25) is 0 Å². The van der Waals surface area contributed by atoms with Crippen molar-refractivity contribution in [2.24, 2.45) is 7.05 Å². The van der Waals surface area contributed by atoms with Gasteiger partial charge in [0.2, 0.25) is 0 Å². The van der Waals surface area contributed by atoms with Gasteiger partial charge in [0.05, 0.1) is 5.69 Å². The molecule has 0 atom stereocenters. The topological polar surface area (TPSA) is 47.7 Å². The van der Waals surface area contributed by atoms with Gasteiger partial charge in [0.1, 0.15) is 5.82 Å². The minimum atomic E-state index is 0.815. The second-order valence-electron chi connectivity index (χ2n) is 3.80. The predicted octanol–water partition coefficient (Wildman–Crippen LogP) is 0.579. The molecule has 2 aromatic heterocycles. The van der Waals surface area contributed by atoms with E-state index in [9.17, 15) is 0 Å². The van der Waals surface area contributed by atoms with Crippen LogP contribution in [0.25, 0.3) is 0 Å². The third kappa shape index (κ3) is 2.49. The van der Waals surface area contributed by atoms with Crippen molar-refractivity contribution in [3.63, 3.8) is 0 Å². The molecule has 0 saturated heterocycles. The van der Waals surface area contributed by atoms with Gasteiger partial charge in [-0.25, -0.2) is 4.98 Å². The highest BCUT2D eigenvalue weighted by Gasteiger charge is 2.01. The summed E-state index contributed by atoms with van der Waals surface area (Å²) in [6.45, 7) is 1.68. The Labute approximate surface area is 95.1 Å². The van der Waals surface area contributed by atoms with Gasteiger partial charge in [0, 0.05) is 45.1 Å². The van der Waals surface area contributed by atoms with Gasteiger partial charge in [-0.1, -0.05) is 0 Å². The van der Waals surface area contributed by atoms with Gasteiger partial charge in [-0.15, -0.1) is 0 Å². The number of rotatable bonds is 5. The molecule has 0 amide bonds. The highest BCUT2D eigenvalue weighted by Crippen LogP contribution is 2.00. The SMILES string of the molecule is CNCc1ccn(CCc2nccn2C)n1. The molecule has 0 aromatic carbocycles. The van der Waals surface area contributed by atoms with Gasteiger partial charge < -0.3 is 9.88 Å². The van der Waals surface area contributed by atoms with Crippen molar-refractivity contribution in [1.29, 1.82) is 0 Å². The molecule has 2 heterocycles. The fourth-order valence-electron chi connectivity index (χ4n) is 1.66. The van der Waals surface area contributed by atoms with Gasteiger partial charge in [-0.05, 0) is 13.1 Å². The Balaban J connectivity index is 1.92. The lowest BCUT2D eigenvalue weighted by molar-refractivity contribution is 0.579. The first-order valence-corrected chi connectivity index (χ1v) is 5.42. The largest absolute Gasteiger partial charge is 0.338 e. The summed E-state index contributed by atoms with van der Waals surface area (Å²) in [5.74, 6) is 1.09. The van der Waals surface area contributed by atoms with Crippen molar-refractivity contribution < 1.29 is 0 Å². The number of aromatic nitrogens is 4. The maximum Gasteiger partial charge on any atom is 0.110 e. The van der Waals surface area contributed by atoms with E-state index in [0.29, 0.717) is 0 Å². The van der Waals surface area contributed by atoms with E-state index in [1.165, 1.54) is 0 Å². The fraction of sp³-hybridized carbons (Fsp3) is 0.455. The Kier molecular flexibility index (Phi) is 3.36. The van der Waals surface area contributed by atoms with Gasteiger partial charge in [-0.3, -0.25) is 4.68 Å². The van der Waals surface area contributed by atoms with Crippen LogP contribution in [0.15, 0.2) is 24.7 Å². The van der Waals surface area contributed by atoms with E-state index >= 15 is 0 Å². The molecule has 5 nitrogen and oxygen atoms in total. The molecule has 0 aliphatic rings. The highest BCUT2D eigenvalue weighted by molar-refractivity contribution is 4.99. The molecule has 2 rings (SSSR count). The smallest absolute Gasteiger partial charge is 0.110 e. The Morgan fingerprint density at radius 2 is 2.25 bits per heavy atom. The van der Waals surface area contributed by atoms with Crippen molar-refractivity contribution in [3.05, 3.63) is 36.2 Å². The quantitative estimate of drug-likeness (QED) is 0.800. The van der Waals surface area contributed by atoms with E-state index in [1.807, 2.05) is 48.0 Å². The monoisotopic (exact) mass is 219 g/mol. The second-order valence-corrected chi connectivity index (χ2v) is 3.80. The van der Waals surface area contributed by atoms with Crippen LogP contribution in [0.5, 0.6) is 0 Å². The first-order chi connectivity index (χ1) is 7.79. The molecule has 0 aliphatic heterocycles. The van der Waals surface area contributed by atoms with Crippen LogP contribution in [-0.2, 0) is 26.6 Å². The van der Waals surface area contributed by atoms with Crippen LogP contribution in [0, 0.1) is 0 Å². The molecule has 0 fully saturated rings. The van der Waals surface area contributed by atoms with Crippen molar-refractivity contribution in [3.8, 4) is 0 Å². The van der Waals surface area contributed by atoms with Gasteiger partial charge in [0.25, 0.3) is 0 Å². The minimum absolute atomic E-state index is 0.815. The summed E-state index contributed by atoms with van der Waals surface area (Å²) < 4.78 is 4.00. The number of aryl methyl sites for hydroxylation is 3. The third-order valence-corrected chi connectivity index (χ3v) is 2.54. The van der Waals surface area contributed by atoms with Crippen LogP contribution in [-0.4, -0.2) is 26.4 Å². The summed E-state index contributed by atoms with van der Waals surface area (Å²) in [6, 6.07) is 2.04. The van der Waals surface area contributed by atoms with E-state index < -0.39 is 0 Å². The lowest BCUT2D eigenvalue weighted by Gasteiger charge is -2.02. The van der Waals surface area contributed by atoms with Crippen molar-refractivity contribution >= 4 is 0 Å². The summed E-state index contributed by atoms with van der Waals surface area (Å²) in [4.78, 5) is 4.28. The molecule has 2 aromatic rings. The first-order valence-electron chi connectivity index (χ1n) is 5.42. The number of nitrogens with zero attached hydrogens (tertiary/aromatic N) is 4. The summed E-state index contributed by atoms with van der Waals surface area (Å²) >= 11 is 0. The number of hydrogen-bond acceptors (Lipinski definition) is 3. The Morgan fingerprint density at radius 3 is 2.94 bits per heavy atom. The van der Waals surface area contributed by atoms with Gasteiger partial charge >= 0.3 is 0 Å². The Morgan fingerprint density at radius 1 is 1.38 bits per heavy atom. The number of hydrogen-bond donors (Lipinski definition) is 1. The molecule has 86 valence electrons. The minimum Gasteiger partial charge on any atom is -0.338 e. The third-order valence-electron chi connectivity index (χ3n) is 2.54. The molecular weight excluding hydrogens is 202 g/mol. The standard InChI is InChI=1S/C11H17N5/c1-12-9-10-3-6-16(14-10)7-4-11-13-5-8-15(11)2/h3,5-6,8,12H,4,7,9H2,1-2H3. The summed E-state index contributed by atoms with van der Waals surface area (Å²) in [5, 5.41) is 7.53. The van der Waals surface area contributed by atoms with Crippen molar-refractivity contribution in [1.82, 2.24) is 24.6 Å². The average molecular weight is 219 g/mol. The predicted molar refractivity (Wildman–Crippen MR) is 61.9 cm³/mol. The fourth-order valence-corrected chi connectivity index (χ4v) is 1.66. The Bertz CT molecular complexity index is 443. The van der Waals surface area contributed by atoms with Crippen LogP contribution in [0.4, 0.5) is 0 Å². The van der Waals surface area contributed by atoms with E-state index in [2.05, 4.69) is 15.4 Å². The Hall–Kier alpha value is -1.62. The van der Waals surface area contributed by atoms with Crippen molar-refractivity contribution in [2.75, 3.05) is 7.05 Å². The second kappa shape index (κ2) is 4.94. The van der Waals surface area contributed by atoms with E-state index in [0.717, 1.165) is 31.0 Å². The zero-order chi connectivity index (χ0) is 11.4. The number of nitrogens with one attached hydrogen (secondary N) is 1. The van der Waals surface area contributed by atoms with Crippen LogP contribution < -0.4 is 5.32 Å². The van der Waals surface area contributed by atoms with Crippen molar-refractivity contribution in [2.45, 2.75) is 19.5 Å². The van der Waals surface area contributed by atoms with Gasteiger partial charge in [-0.2, -0.15) is 5.10 Å². The normalized spacial score (nSPS) is 10.9. The maximum absolute atomic E-state index is 4.45. The molecule has 0 spiro atoms. The van der Waals surface area contributed by atoms with E-state index in [1.54, 1.807) is 0 Å². The molecule has 0 radical (unpaired) electrons. The molecular formula is C11H17N5. The molecule has 0 saturated carbocycles. The summed E-state index contributed by atoms with van der Waals surface area (Å²) in [7, 11) is 3.94.